The zero-order valence-electron chi connectivity index (χ0n) is 14.2. The summed E-state index contributed by atoms with van der Waals surface area (Å²) in [6, 6.07) is 15.6. The van der Waals surface area contributed by atoms with Gasteiger partial charge in [0.2, 0.25) is 10.0 Å². The second-order valence-electron chi connectivity index (χ2n) is 5.77. The van der Waals surface area contributed by atoms with Gasteiger partial charge in [0.1, 0.15) is 18.4 Å². The summed E-state index contributed by atoms with van der Waals surface area (Å²) >= 11 is 0. The van der Waals surface area contributed by atoms with Gasteiger partial charge in [-0.25, -0.2) is 8.42 Å². The summed E-state index contributed by atoms with van der Waals surface area (Å²) in [5, 5.41) is 0. The van der Waals surface area contributed by atoms with Gasteiger partial charge in [-0.1, -0.05) is 36.4 Å². The van der Waals surface area contributed by atoms with Crippen molar-refractivity contribution < 1.29 is 22.7 Å². The predicted octanol–water partition coefficient (Wildman–Crippen LogP) is 2.32. The first-order valence-electron chi connectivity index (χ1n) is 8.06. The van der Waals surface area contributed by atoms with E-state index in [0.29, 0.717) is 5.75 Å². The number of methoxy groups -OCH3 is 1. The molecule has 1 fully saturated rings. The second-order valence-corrected chi connectivity index (χ2v) is 7.71. The molecule has 0 aliphatic carbocycles. The lowest BCUT2D eigenvalue weighted by molar-refractivity contribution is -0.152. The van der Waals surface area contributed by atoms with Gasteiger partial charge < -0.3 is 9.47 Å². The summed E-state index contributed by atoms with van der Waals surface area (Å²) in [7, 11) is -2.28. The van der Waals surface area contributed by atoms with Gasteiger partial charge in [-0.15, -0.1) is 0 Å². The maximum absolute atomic E-state index is 12.8. The molecule has 1 aliphatic heterocycles. The average Bonchev–Trinajstić information content (AvgIpc) is 2.67. The molecule has 0 spiro atoms. The fourth-order valence-corrected chi connectivity index (χ4v) is 4.01. The summed E-state index contributed by atoms with van der Waals surface area (Å²) < 4.78 is 37.0. The van der Waals surface area contributed by atoms with Crippen LogP contribution in [-0.4, -0.2) is 45.0 Å². The minimum absolute atomic E-state index is 0.0729. The van der Waals surface area contributed by atoms with Crippen LogP contribution in [0.1, 0.15) is 5.56 Å². The van der Waals surface area contributed by atoms with Crippen LogP contribution in [0.25, 0.3) is 6.08 Å². The van der Waals surface area contributed by atoms with Crippen molar-refractivity contribution in [3.8, 4) is 5.75 Å². The Morgan fingerprint density at radius 2 is 1.81 bits per heavy atom. The van der Waals surface area contributed by atoms with Crippen LogP contribution in [0.3, 0.4) is 0 Å². The number of cyclic esters (lactones) is 1. The molecule has 0 bridgehead atoms. The number of ether oxygens (including phenoxy) is 2. The van der Waals surface area contributed by atoms with Crippen molar-refractivity contribution in [1.82, 2.24) is 4.31 Å². The highest BCUT2D eigenvalue weighted by Gasteiger charge is 2.34. The van der Waals surface area contributed by atoms with Crippen LogP contribution in [-0.2, 0) is 19.6 Å². The van der Waals surface area contributed by atoms with Crippen LogP contribution >= 0.6 is 0 Å². The van der Waals surface area contributed by atoms with Crippen molar-refractivity contribution >= 4 is 22.1 Å². The summed E-state index contributed by atoms with van der Waals surface area (Å²) in [4.78, 5) is 12.0. The molecule has 0 N–H and O–H groups in total. The average molecular weight is 373 g/mol. The fraction of sp³-hybridized carbons (Fsp3) is 0.211. The number of morpholine rings is 1. The summed E-state index contributed by atoms with van der Waals surface area (Å²) in [5.41, 5.74) is 0.943. The lowest BCUT2D eigenvalue weighted by Crippen LogP contribution is -2.47. The van der Waals surface area contributed by atoms with E-state index in [-0.39, 0.29) is 18.0 Å². The molecule has 0 radical (unpaired) electrons. The Balaban J connectivity index is 1.78. The number of benzene rings is 2. The van der Waals surface area contributed by atoms with E-state index < -0.39 is 22.1 Å². The molecule has 1 saturated heterocycles. The highest BCUT2D eigenvalue weighted by molar-refractivity contribution is 7.89. The number of hydrogen-bond acceptors (Lipinski definition) is 5. The molecule has 26 heavy (non-hydrogen) atoms. The zero-order chi connectivity index (χ0) is 18.6. The molecule has 0 amide bonds. The summed E-state index contributed by atoms with van der Waals surface area (Å²) in [6.45, 7) is -0.229. The number of nitrogens with zero attached hydrogens (tertiary/aromatic N) is 1. The van der Waals surface area contributed by atoms with Crippen LogP contribution < -0.4 is 4.74 Å². The number of carbonyl (C=O) groups excluding carboxylic acids is 1. The quantitative estimate of drug-likeness (QED) is 0.752. The lowest BCUT2D eigenvalue weighted by atomic mass is 10.2. The smallest absolute Gasteiger partial charge is 0.321 e. The molecule has 1 aliphatic rings. The molecule has 1 heterocycles. The van der Waals surface area contributed by atoms with Crippen LogP contribution in [0.5, 0.6) is 5.75 Å². The molecular weight excluding hydrogens is 354 g/mol. The lowest BCUT2D eigenvalue weighted by Gasteiger charge is -2.30. The van der Waals surface area contributed by atoms with Crippen molar-refractivity contribution in [2.75, 3.05) is 20.2 Å². The number of esters is 1. The fourth-order valence-electron chi connectivity index (χ4n) is 2.62. The van der Waals surface area contributed by atoms with Gasteiger partial charge in [-0.3, -0.25) is 4.79 Å². The van der Waals surface area contributed by atoms with Crippen LogP contribution in [0.4, 0.5) is 0 Å². The largest absolute Gasteiger partial charge is 0.497 e. The first kappa shape index (κ1) is 18.2. The van der Waals surface area contributed by atoms with Crippen LogP contribution in [0.15, 0.2) is 65.6 Å². The third kappa shape index (κ3) is 4.12. The Kier molecular flexibility index (Phi) is 5.39. The highest BCUT2D eigenvalue weighted by Crippen LogP contribution is 2.22. The van der Waals surface area contributed by atoms with E-state index in [4.69, 9.17) is 9.47 Å². The zero-order valence-corrected chi connectivity index (χ0v) is 15.1. The maximum Gasteiger partial charge on any atom is 0.321 e. The number of carbonyl (C=O) groups is 1. The minimum atomic E-state index is -3.79. The Hall–Kier alpha value is -2.64. The van der Waals surface area contributed by atoms with Gasteiger partial charge in [-0.2, -0.15) is 4.31 Å². The van der Waals surface area contributed by atoms with Gasteiger partial charge in [0.15, 0.2) is 0 Å². The first-order chi connectivity index (χ1) is 12.5. The molecule has 6 nitrogen and oxygen atoms in total. The van der Waals surface area contributed by atoms with E-state index in [1.54, 1.807) is 24.3 Å². The third-order valence-corrected chi connectivity index (χ3v) is 5.80. The van der Waals surface area contributed by atoms with Crippen LogP contribution in [0, 0.1) is 0 Å². The van der Waals surface area contributed by atoms with Crippen molar-refractivity contribution in [2.45, 2.75) is 11.0 Å². The van der Waals surface area contributed by atoms with Gasteiger partial charge in [-0.05, 0) is 35.9 Å². The van der Waals surface area contributed by atoms with E-state index in [9.17, 15) is 13.2 Å². The Morgan fingerprint density at radius 1 is 1.12 bits per heavy atom. The summed E-state index contributed by atoms with van der Waals surface area (Å²) in [6.07, 6.45) is 2.87. The molecule has 0 saturated carbocycles. The number of sulfonamides is 1. The topological polar surface area (TPSA) is 72.9 Å². The van der Waals surface area contributed by atoms with Crippen LogP contribution in [0.2, 0.25) is 0 Å². The molecule has 3 rings (SSSR count). The third-order valence-electron chi connectivity index (χ3n) is 3.97. The Labute approximate surface area is 152 Å². The standard InChI is InChI=1S/C19H19NO5S/c1-24-16-9-11-18(12-10-16)26(22,23)20-13-17(25-19(21)14-20)8-7-15-5-3-2-4-6-15/h2-12,17H,13-14H2,1H3. The molecule has 136 valence electrons. The van der Waals surface area contributed by atoms with E-state index in [2.05, 4.69) is 0 Å². The SMILES string of the molecule is COc1ccc(S(=O)(=O)N2CC(=O)OC(C=Cc3ccccc3)C2)cc1. The Morgan fingerprint density at radius 3 is 2.46 bits per heavy atom. The normalized spacial score (nSPS) is 18.7. The molecule has 1 unspecified atom stereocenters. The van der Waals surface area contributed by atoms with Gasteiger partial charge in [0, 0.05) is 0 Å². The van der Waals surface area contributed by atoms with Gasteiger partial charge in [0.25, 0.3) is 0 Å². The van der Waals surface area contributed by atoms with Gasteiger partial charge in [0.05, 0.1) is 18.6 Å². The maximum atomic E-state index is 12.8. The number of hydrogen-bond donors (Lipinski definition) is 0. The molecular formula is C19H19NO5S. The minimum Gasteiger partial charge on any atom is -0.497 e. The monoisotopic (exact) mass is 373 g/mol. The van der Waals surface area contributed by atoms with Crippen molar-refractivity contribution in [2.24, 2.45) is 0 Å². The molecule has 0 aromatic heterocycles. The van der Waals surface area contributed by atoms with E-state index in [1.807, 2.05) is 30.3 Å². The number of rotatable bonds is 5. The predicted molar refractivity (Wildman–Crippen MR) is 97.1 cm³/mol. The van der Waals surface area contributed by atoms with Crippen molar-refractivity contribution in [3.05, 3.63) is 66.2 Å². The van der Waals surface area contributed by atoms with Crippen molar-refractivity contribution in [1.29, 1.82) is 0 Å². The van der Waals surface area contributed by atoms with Gasteiger partial charge >= 0.3 is 5.97 Å². The first-order valence-corrected chi connectivity index (χ1v) is 9.50. The second kappa shape index (κ2) is 7.72. The van der Waals surface area contributed by atoms with E-state index in [0.717, 1.165) is 9.87 Å². The molecule has 7 heteroatoms. The van der Waals surface area contributed by atoms with Crippen molar-refractivity contribution in [3.63, 3.8) is 0 Å². The van der Waals surface area contributed by atoms with E-state index in [1.165, 1.54) is 19.2 Å². The molecule has 2 aromatic carbocycles. The van der Waals surface area contributed by atoms with E-state index >= 15 is 0 Å². The highest BCUT2D eigenvalue weighted by atomic mass is 32.2. The summed E-state index contributed by atoms with van der Waals surface area (Å²) in [5.74, 6) is -0.0123. The molecule has 2 aromatic rings. The Bertz CT molecular complexity index is 891. The molecule has 1 atom stereocenters.